The number of aliphatic carboxylic acids is 1. The average Bonchev–Trinajstić information content (AvgIpc) is 2.20. The molecule has 82 valence electrons. The van der Waals surface area contributed by atoms with Crippen LogP contribution >= 0.6 is 0 Å². The lowest BCUT2D eigenvalue weighted by molar-refractivity contribution is -0.162. The zero-order valence-electron chi connectivity index (χ0n) is 8.51. The minimum absolute atomic E-state index is 0.0190. The monoisotopic (exact) mass is 210 g/mol. The van der Waals surface area contributed by atoms with Crippen molar-refractivity contribution in [2.45, 2.75) is 12.0 Å². The van der Waals surface area contributed by atoms with Crippen LogP contribution in [0.25, 0.3) is 0 Å². The van der Waals surface area contributed by atoms with Gasteiger partial charge in [-0.05, 0) is 6.42 Å². The molecular weight excluding hydrogens is 196 g/mol. The lowest BCUT2D eigenvalue weighted by atomic mass is 9.57. The Morgan fingerprint density at radius 3 is 2.67 bits per heavy atom. The molecule has 15 heavy (non-hydrogen) atoms. The van der Waals surface area contributed by atoms with Gasteiger partial charge >= 0.3 is 5.97 Å². The van der Waals surface area contributed by atoms with Crippen LogP contribution in [0.4, 0.5) is 0 Å². The van der Waals surface area contributed by atoms with Gasteiger partial charge in [0.15, 0.2) is 0 Å². The highest BCUT2D eigenvalue weighted by Crippen LogP contribution is 2.53. The first-order valence-electron chi connectivity index (χ1n) is 4.89. The fourth-order valence-electron chi connectivity index (χ4n) is 2.40. The van der Waals surface area contributed by atoms with Crippen LogP contribution in [0.3, 0.4) is 0 Å². The second-order valence-corrected chi connectivity index (χ2v) is 4.11. The predicted octanol–water partition coefficient (Wildman–Crippen LogP) is 0.581. The van der Waals surface area contributed by atoms with Gasteiger partial charge in [-0.1, -0.05) is 24.3 Å². The summed E-state index contributed by atoms with van der Waals surface area (Å²) < 4.78 is 5.34. The van der Waals surface area contributed by atoms with Gasteiger partial charge in [-0.2, -0.15) is 0 Å². The van der Waals surface area contributed by atoms with Gasteiger partial charge in [-0.3, -0.25) is 4.79 Å². The van der Waals surface area contributed by atoms with Crippen molar-refractivity contribution in [2.24, 2.45) is 11.3 Å². The van der Waals surface area contributed by atoms with E-state index in [0.29, 0.717) is 6.42 Å². The molecular formula is C11H14O4. The SMILES string of the molecule is COC12C=CC1(C(=O)O)C=CC(CO)C2. The van der Waals surface area contributed by atoms with Crippen molar-refractivity contribution < 1.29 is 19.7 Å². The first kappa shape index (κ1) is 10.4. The number of aliphatic hydroxyl groups excluding tert-OH is 1. The number of fused-ring (bicyclic) bond motifs is 1. The molecule has 0 saturated heterocycles. The third-order valence-corrected chi connectivity index (χ3v) is 3.47. The lowest BCUT2D eigenvalue weighted by Crippen LogP contribution is -2.59. The maximum Gasteiger partial charge on any atom is 0.320 e. The Morgan fingerprint density at radius 1 is 1.53 bits per heavy atom. The van der Waals surface area contributed by atoms with Crippen LogP contribution in [0, 0.1) is 11.3 Å². The third-order valence-electron chi connectivity index (χ3n) is 3.47. The van der Waals surface area contributed by atoms with Crippen molar-refractivity contribution in [1.29, 1.82) is 0 Å². The molecule has 0 aromatic rings. The highest BCUT2D eigenvalue weighted by Gasteiger charge is 2.60. The summed E-state index contributed by atoms with van der Waals surface area (Å²) >= 11 is 0. The van der Waals surface area contributed by atoms with Gasteiger partial charge in [0.2, 0.25) is 0 Å². The lowest BCUT2D eigenvalue weighted by Gasteiger charge is -2.51. The van der Waals surface area contributed by atoms with Crippen molar-refractivity contribution in [1.82, 2.24) is 0 Å². The van der Waals surface area contributed by atoms with Gasteiger partial charge in [0.25, 0.3) is 0 Å². The minimum Gasteiger partial charge on any atom is -0.480 e. The molecule has 0 bridgehead atoms. The number of carbonyl (C=O) groups is 1. The zero-order valence-corrected chi connectivity index (χ0v) is 8.51. The maximum atomic E-state index is 11.3. The number of carboxylic acids is 1. The van der Waals surface area contributed by atoms with E-state index in [0.717, 1.165) is 0 Å². The van der Waals surface area contributed by atoms with Crippen LogP contribution in [-0.4, -0.2) is 35.5 Å². The molecule has 0 saturated carbocycles. The minimum atomic E-state index is -1.03. The highest BCUT2D eigenvalue weighted by molar-refractivity contribution is 5.85. The van der Waals surface area contributed by atoms with Gasteiger partial charge in [0.1, 0.15) is 11.0 Å². The summed E-state index contributed by atoms with van der Waals surface area (Å²) in [4.78, 5) is 11.3. The summed E-state index contributed by atoms with van der Waals surface area (Å²) in [6.45, 7) is 0.0190. The molecule has 0 fully saturated rings. The van der Waals surface area contributed by atoms with E-state index < -0.39 is 17.0 Å². The fourth-order valence-corrected chi connectivity index (χ4v) is 2.40. The van der Waals surface area contributed by atoms with Crippen LogP contribution in [0.2, 0.25) is 0 Å². The first-order valence-corrected chi connectivity index (χ1v) is 4.89. The molecule has 3 unspecified atom stereocenters. The molecule has 0 amide bonds. The van der Waals surface area contributed by atoms with Gasteiger partial charge in [-0.15, -0.1) is 0 Å². The number of carboxylic acid groups (broad SMARTS) is 1. The van der Waals surface area contributed by atoms with E-state index in [1.807, 2.05) is 0 Å². The van der Waals surface area contributed by atoms with E-state index in [1.165, 1.54) is 7.11 Å². The summed E-state index contributed by atoms with van der Waals surface area (Å²) in [6.07, 6.45) is 7.31. The molecule has 0 radical (unpaired) electrons. The van der Waals surface area contributed by atoms with Gasteiger partial charge in [-0.25, -0.2) is 0 Å². The summed E-state index contributed by atoms with van der Waals surface area (Å²) in [5, 5.41) is 18.3. The fraction of sp³-hybridized carbons (Fsp3) is 0.545. The first-order chi connectivity index (χ1) is 7.10. The Kier molecular flexibility index (Phi) is 2.20. The summed E-state index contributed by atoms with van der Waals surface area (Å²) in [7, 11) is 1.51. The molecule has 2 aliphatic rings. The molecule has 2 N–H and O–H groups in total. The standard InChI is InChI=1S/C11H14O4/c1-15-11-5-4-10(11,9(13)14)3-2-8(6-11)7-12/h2-5,8,12H,6-7H2,1H3,(H,13,14). The van der Waals surface area contributed by atoms with E-state index in [4.69, 9.17) is 9.84 Å². The van der Waals surface area contributed by atoms with Crippen molar-refractivity contribution >= 4 is 5.97 Å². The quantitative estimate of drug-likeness (QED) is 0.669. The summed E-state index contributed by atoms with van der Waals surface area (Å²) in [6, 6.07) is 0. The molecule has 4 heteroatoms. The van der Waals surface area contributed by atoms with E-state index in [-0.39, 0.29) is 12.5 Å². The molecule has 3 atom stereocenters. The molecule has 2 rings (SSSR count). The summed E-state index contributed by atoms with van der Waals surface area (Å²) in [5.41, 5.74) is -1.81. The number of ether oxygens (including phenoxy) is 1. The smallest absolute Gasteiger partial charge is 0.320 e. The molecule has 0 heterocycles. The van der Waals surface area contributed by atoms with Crippen LogP contribution in [0.5, 0.6) is 0 Å². The molecule has 0 aromatic carbocycles. The van der Waals surface area contributed by atoms with E-state index in [1.54, 1.807) is 24.3 Å². The topological polar surface area (TPSA) is 66.8 Å². The Labute approximate surface area is 87.9 Å². The van der Waals surface area contributed by atoms with Crippen LogP contribution in [0.15, 0.2) is 24.3 Å². The number of aliphatic hydroxyl groups is 1. The van der Waals surface area contributed by atoms with Crippen LogP contribution in [0.1, 0.15) is 6.42 Å². The van der Waals surface area contributed by atoms with E-state index in [9.17, 15) is 9.90 Å². The number of hydrogen-bond donors (Lipinski definition) is 2. The predicted molar refractivity (Wildman–Crippen MR) is 53.3 cm³/mol. The second kappa shape index (κ2) is 3.18. The normalized spacial score (nSPS) is 42.1. The van der Waals surface area contributed by atoms with Crippen LogP contribution < -0.4 is 0 Å². The van der Waals surface area contributed by atoms with Gasteiger partial charge in [0, 0.05) is 19.6 Å². The van der Waals surface area contributed by atoms with Crippen LogP contribution in [-0.2, 0) is 9.53 Å². The van der Waals surface area contributed by atoms with Crippen molar-refractivity contribution in [3.8, 4) is 0 Å². The molecule has 0 aromatic heterocycles. The number of methoxy groups -OCH3 is 1. The average molecular weight is 210 g/mol. The maximum absolute atomic E-state index is 11.3. The van der Waals surface area contributed by atoms with Crippen molar-refractivity contribution in [2.75, 3.05) is 13.7 Å². The molecule has 0 spiro atoms. The van der Waals surface area contributed by atoms with E-state index in [2.05, 4.69) is 0 Å². The largest absolute Gasteiger partial charge is 0.480 e. The van der Waals surface area contributed by atoms with Crippen molar-refractivity contribution in [3.05, 3.63) is 24.3 Å². The van der Waals surface area contributed by atoms with Gasteiger partial charge in [0.05, 0.1) is 0 Å². The molecule has 4 nitrogen and oxygen atoms in total. The Morgan fingerprint density at radius 2 is 2.27 bits per heavy atom. The Hall–Kier alpha value is -1.13. The Bertz CT molecular complexity index is 346. The third kappa shape index (κ3) is 1.12. The van der Waals surface area contributed by atoms with Crippen molar-refractivity contribution in [3.63, 3.8) is 0 Å². The number of rotatable bonds is 3. The number of hydrogen-bond acceptors (Lipinski definition) is 3. The molecule has 0 aliphatic heterocycles. The highest BCUT2D eigenvalue weighted by atomic mass is 16.5. The van der Waals surface area contributed by atoms with E-state index >= 15 is 0 Å². The molecule has 2 aliphatic carbocycles. The second-order valence-electron chi connectivity index (χ2n) is 4.11. The zero-order chi connectivity index (χ0) is 11.1. The summed E-state index contributed by atoms with van der Waals surface area (Å²) in [5.74, 6) is -0.929. The Balaban J connectivity index is 2.40. The van der Waals surface area contributed by atoms with Gasteiger partial charge < -0.3 is 14.9 Å².